The first-order chi connectivity index (χ1) is 10.8. The first-order valence-electron chi connectivity index (χ1n) is 7.76. The van der Waals surface area contributed by atoms with Gasteiger partial charge < -0.3 is 14.8 Å². The molecule has 2 heterocycles. The van der Waals surface area contributed by atoms with E-state index in [1.165, 1.54) is 5.56 Å². The summed E-state index contributed by atoms with van der Waals surface area (Å²) in [4.78, 5) is 9.05. The smallest absolute Gasteiger partial charge is 0.218 e. The van der Waals surface area contributed by atoms with Gasteiger partial charge in [0.15, 0.2) is 5.82 Å². The summed E-state index contributed by atoms with van der Waals surface area (Å²) < 4.78 is 11.2. The molecule has 1 aliphatic heterocycles. The minimum Gasteiger partial charge on any atom is -0.478 e. The van der Waals surface area contributed by atoms with Gasteiger partial charge >= 0.3 is 0 Å². The van der Waals surface area contributed by atoms with E-state index in [9.17, 15) is 0 Å². The van der Waals surface area contributed by atoms with Crippen LogP contribution in [0, 0.1) is 0 Å². The molecule has 5 nitrogen and oxygen atoms in total. The van der Waals surface area contributed by atoms with Crippen molar-refractivity contribution in [3.63, 3.8) is 0 Å². The van der Waals surface area contributed by atoms with Gasteiger partial charge in [0.05, 0.1) is 6.61 Å². The number of nitrogens with one attached hydrogen (secondary N) is 1. The fourth-order valence-corrected chi connectivity index (χ4v) is 2.47. The highest BCUT2D eigenvalue weighted by Gasteiger charge is 2.22. The predicted molar refractivity (Wildman–Crippen MR) is 84.9 cm³/mol. The van der Waals surface area contributed by atoms with Crippen molar-refractivity contribution in [3.05, 3.63) is 47.8 Å². The molecule has 1 unspecified atom stereocenters. The van der Waals surface area contributed by atoms with Crippen LogP contribution in [0.25, 0.3) is 0 Å². The van der Waals surface area contributed by atoms with Crippen molar-refractivity contribution in [3.8, 4) is 5.88 Å². The molecule has 1 fully saturated rings. The van der Waals surface area contributed by atoms with E-state index in [-0.39, 0.29) is 6.10 Å². The molecule has 22 heavy (non-hydrogen) atoms. The molecule has 3 rings (SSSR count). The normalized spacial score (nSPS) is 17.4. The Morgan fingerprint density at radius 1 is 1.27 bits per heavy atom. The van der Waals surface area contributed by atoms with Crippen LogP contribution >= 0.6 is 0 Å². The second kappa shape index (κ2) is 7.22. The Hall–Kier alpha value is -2.14. The fraction of sp³-hybridized carbons (Fsp3) is 0.412. The van der Waals surface area contributed by atoms with E-state index in [1.54, 1.807) is 0 Å². The van der Waals surface area contributed by atoms with Gasteiger partial charge in [0.25, 0.3) is 0 Å². The van der Waals surface area contributed by atoms with Crippen LogP contribution in [0.2, 0.25) is 0 Å². The Morgan fingerprint density at radius 2 is 2.14 bits per heavy atom. The van der Waals surface area contributed by atoms with E-state index >= 15 is 0 Å². The van der Waals surface area contributed by atoms with Crippen LogP contribution in [-0.4, -0.2) is 23.2 Å². The van der Waals surface area contributed by atoms with Crippen LogP contribution in [0.5, 0.6) is 5.88 Å². The van der Waals surface area contributed by atoms with Crippen LogP contribution in [0.3, 0.4) is 0 Å². The fourth-order valence-electron chi connectivity index (χ4n) is 2.47. The molecular formula is C17H21N3O2. The van der Waals surface area contributed by atoms with Crippen molar-refractivity contribution >= 4 is 5.82 Å². The second-order valence-electron chi connectivity index (χ2n) is 5.22. The van der Waals surface area contributed by atoms with Gasteiger partial charge in [0, 0.05) is 19.2 Å². The summed E-state index contributed by atoms with van der Waals surface area (Å²) in [5.74, 6) is 2.07. The van der Waals surface area contributed by atoms with Crippen molar-refractivity contribution in [1.82, 2.24) is 9.97 Å². The maximum atomic E-state index is 5.68. The third-order valence-corrected chi connectivity index (χ3v) is 3.55. The topological polar surface area (TPSA) is 56.3 Å². The highest BCUT2D eigenvalue weighted by atomic mass is 16.5. The van der Waals surface area contributed by atoms with E-state index < -0.39 is 0 Å². The van der Waals surface area contributed by atoms with Gasteiger partial charge in [-0.25, -0.2) is 4.98 Å². The third kappa shape index (κ3) is 3.74. The zero-order chi connectivity index (χ0) is 15.2. The summed E-state index contributed by atoms with van der Waals surface area (Å²) in [6.07, 6.45) is 2.01. The van der Waals surface area contributed by atoms with Crippen molar-refractivity contribution in [2.24, 2.45) is 0 Å². The zero-order valence-electron chi connectivity index (χ0n) is 12.8. The van der Waals surface area contributed by atoms with E-state index in [0.717, 1.165) is 25.3 Å². The van der Waals surface area contributed by atoms with Crippen molar-refractivity contribution in [2.45, 2.75) is 32.4 Å². The van der Waals surface area contributed by atoms with Gasteiger partial charge in [0.2, 0.25) is 5.88 Å². The molecule has 1 atom stereocenters. The Morgan fingerprint density at radius 3 is 2.86 bits per heavy atom. The number of ether oxygens (including phenoxy) is 2. The minimum absolute atomic E-state index is 0.0160. The Kier molecular flexibility index (Phi) is 4.85. The molecule has 1 aliphatic rings. The zero-order valence-corrected chi connectivity index (χ0v) is 12.8. The summed E-state index contributed by atoms with van der Waals surface area (Å²) in [5.41, 5.74) is 1.21. The highest BCUT2D eigenvalue weighted by Crippen LogP contribution is 2.28. The predicted octanol–water partition coefficient (Wildman–Crippen LogP) is 3.34. The SMILES string of the molecule is CCOc1cc(NCc2ccccc2)nc(C2CCCO2)n1. The van der Waals surface area contributed by atoms with E-state index in [4.69, 9.17) is 9.47 Å². The number of benzene rings is 1. The van der Waals surface area contributed by atoms with Gasteiger partial charge in [-0.2, -0.15) is 4.98 Å². The van der Waals surface area contributed by atoms with Crippen molar-refractivity contribution in [2.75, 3.05) is 18.5 Å². The summed E-state index contributed by atoms with van der Waals surface area (Å²) in [5, 5.41) is 3.34. The maximum Gasteiger partial charge on any atom is 0.218 e. The lowest BCUT2D eigenvalue weighted by Crippen LogP contribution is -2.09. The van der Waals surface area contributed by atoms with Gasteiger partial charge in [-0.3, -0.25) is 0 Å². The van der Waals surface area contributed by atoms with E-state index in [1.807, 2.05) is 31.2 Å². The van der Waals surface area contributed by atoms with Gasteiger partial charge in [-0.1, -0.05) is 30.3 Å². The number of anilines is 1. The first kappa shape index (κ1) is 14.8. The quantitative estimate of drug-likeness (QED) is 0.886. The van der Waals surface area contributed by atoms with E-state index in [2.05, 4.69) is 27.4 Å². The number of hydrogen-bond donors (Lipinski definition) is 1. The molecule has 1 aromatic heterocycles. The van der Waals surface area contributed by atoms with Crippen molar-refractivity contribution < 1.29 is 9.47 Å². The highest BCUT2D eigenvalue weighted by molar-refractivity contribution is 5.39. The minimum atomic E-state index is -0.0160. The van der Waals surface area contributed by atoms with Crippen LogP contribution < -0.4 is 10.1 Å². The molecular weight excluding hydrogens is 278 g/mol. The lowest BCUT2D eigenvalue weighted by molar-refractivity contribution is 0.104. The Balaban J connectivity index is 1.76. The van der Waals surface area contributed by atoms with Crippen LogP contribution in [0.1, 0.15) is 37.3 Å². The molecule has 0 spiro atoms. The summed E-state index contributed by atoms with van der Waals surface area (Å²) >= 11 is 0. The molecule has 1 saturated heterocycles. The molecule has 116 valence electrons. The standard InChI is InChI=1S/C17H21N3O2/c1-2-21-16-11-15(18-12-13-7-4-3-5-8-13)19-17(20-16)14-9-6-10-22-14/h3-5,7-8,11,14H,2,6,9-10,12H2,1H3,(H,18,19,20). The molecule has 0 amide bonds. The molecule has 5 heteroatoms. The average Bonchev–Trinajstić information content (AvgIpc) is 3.09. The molecule has 1 N–H and O–H groups in total. The first-order valence-corrected chi connectivity index (χ1v) is 7.76. The van der Waals surface area contributed by atoms with Crippen LogP contribution in [0.4, 0.5) is 5.82 Å². The summed E-state index contributed by atoms with van der Waals surface area (Å²) in [6.45, 7) is 4.03. The molecule has 0 aliphatic carbocycles. The van der Waals surface area contributed by atoms with Gasteiger partial charge in [0.1, 0.15) is 11.9 Å². The average molecular weight is 299 g/mol. The molecule has 0 bridgehead atoms. The lowest BCUT2D eigenvalue weighted by atomic mass is 10.2. The van der Waals surface area contributed by atoms with Gasteiger partial charge in [-0.15, -0.1) is 0 Å². The molecule has 1 aromatic carbocycles. The number of aromatic nitrogens is 2. The largest absolute Gasteiger partial charge is 0.478 e. The number of nitrogens with zero attached hydrogens (tertiary/aromatic N) is 2. The van der Waals surface area contributed by atoms with Crippen LogP contribution in [0.15, 0.2) is 36.4 Å². The summed E-state index contributed by atoms with van der Waals surface area (Å²) in [7, 11) is 0. The summed E-state index contributed by atoms with van der Waals surface area (Å²) in [6, 6.07) is 12.1. The third-order valence-electron chi connectivity index (χ3n) is 3.55. The second-order valence-corrected chi connectivity index (χ2v) is 5.22. The molecule has 2 aromatic rings. The molecule has 0 saturated carbocycles. The lowest BCUT2D eigenvalue weighted by Gasteiger charge is -2.13. The number of rotatable bonds is 6. The van der Waals surface area contributed by atoms with Crippen LogP contribution in [-0.2, 0) is 11.3 Å². The van der Waals surface area contributed by atoms with Crippen molar-refractivity contribution in [1.29, 1.82) is 0 Å². The Bertz CT molecular complexity index is 598. The van der Waals surface area contributed by atoms with E-state index in [0.29, 0.717) is 24.9 Å². The molecule has 0 radical (unpaired) electrons. The number of hydrogen-bond acceptors (Lipinski definition) is 5. The van der Waals surface area contributed by atoms with Gasteiger partial charge in [-0.05, 0) is 25.3 Å². The Labute approximate surface area is 130 Å². The maximum absolute atomic E-state index is 5.68. The monoisotopic (exact) mass is 299 g/mol.